The summed E-state index contributed by atoms with van der Waals surface area (Å²) in [5, 5.41) is 5.18. The molecule has 4 rings (SSSR count). The van der Waals surface area contributed by atoms with Crippen molar-refractivity contribution in [1.82, 2.24) is 19.7 Å². The molecule has 0 bridgehead atoms. The normalized spacial score (nSPS) is 17.8. The Morgan fingerprint density at radius 2 is 2.16 bits per heavy atom. The number of likely N-dealkylation sites (tertiary alicyclic amines) is 1. The van der Waals surface area contributed by atoms with Gasteiger partial charge in [0.2, 0.25) is 5.56 Å². The number of aryl methyl sites for hydroxylation is 1. The number of pyridine rings is 1. The van der Waals surface area contributed by atoms with Crippen molar-refractivity contribution in [3.63, 3.8) is 0 Å². The molecule has 128 valence electrons. The molecule has 0 spiro atoms. The number of hydrogen-bond donors (Lipinski definition) is 1. The van der Waals surface area contributed by atoms with Crippen LogP contribution < -0.4 is 5.56 Å². The fraction of sp³-hybridized carbons (Fsp3) is 0.316. The number of benzene rings is 1. The van der Waals surface area contributed by atoms with Crippen LogP contribution in [0.5, 0.6) is 0 Å². The molecule has 25 heavy (non-hydrogen) atoms. The summed E-state index contributed by atoms with van der Waals surface area (Å²) in [7, 11) is 0. The Balaban J connectivity index is 1.66. The van der Waals surface area contributed by atoms with Crippen LogP contribution in [0.3, 0.4) is 0 Å². The Labute approximate surface area is 145 Å². The van der Waals surface area contributed by atoms with Gasteiger partial charge in [0.15, 0.2) is 0 Å². The zero-order chi connectivity index (χ0) is 17.4. The summed E-state index contributed by atoms with van der Waals surface area (Å²) in [6.07, 6.45) is 5.78. The first-order valence-corrected chi connectivity index (χ1v) is 8.54. The number of nitrogens with one attached hydrogen (secondary N) is 1. The molecule has 6 heteroatoms. The smallest absolute Gasteiger partial charge is 0.254 e. The molecule has 0 radical (unpaired) electrons. The molecule has 0 saturated carbocycles. The maximum absolute atomic E-state index is 13.1. The van der Waals surface area contributed by atoms with Gasteiger partial charge in [-0.05, 0) is 31.4 Å². The van der Waals surface area contributed by atoms with E-state index in [4.69, 9.17) is 0 Å². The lowest BCUT2D eigenvalue weighted by Gasteiger charge is -2.33. The van der Waals surface area contributed by atoms with Gasteiger partial charge in [-0.3, -0.25) is 14.3 Å². The van der Waals surface area contributed by atoms with E-state index in [0.717, 1.165) is 23.8 Å². The molecule has 1 N–H and O–H groups in total. The van der Waals surface area contributed by atoms with Crippen LogP contribution >= 0.6 is 0 Å². The van der Waals surface area contributed by atoms with Crippen LogP contribution in [0.25, 0.3) is 10.9 Å². The monoisotopic (exact) mass is 336 g/mol. The van der Waals surface area contributed by atoms with Gasteiger partial charge in [0.05, 0.1) is 17.8 Å². The summed E-state index contributed by atoms with van der Waals surface area (Å²) in [6.45, 7) is 3.33. The number of piperidine rings is 1. The van der Waals surface area contributed by atoms with Crippen LogP contribution in [0.4, 0.5) is 0 Å². The third-order valence-corrected chi connectivity index (χ3v) is 4.77. The second-order valence-electron chi connectivity index (χ2n) is 6.64. The second kappa shape index (κ2) is 6.20. The average Bonchev–Trinajstić information content (AvgIpc) is 3.07. The van der Waals surface area contributed by atoms with Gasteiger partial charge in [0.1, 0.15) is 0 Å². The quantitative estimate of drug-likeness (QED) is 0.782. The van der Waals surface area contributed by atoms with Gasteiger partial charge in [-0.15, -0.1) is 0 Å². The van der Waals surface area contributed by atoms with E-state index in [9.17, 15) is 9.59 Å². The van der Waals surface area contributed by atoms with Crippen molar-refractivity contribution in [1.29, 1.82) is 0 Å². The lowest BCUT2D eigenvalue weighted by molar-refractivity contribution is 0.0675. The van der Waals surface area contributed by atoms with Crippen molar-refractivity contribution in [2.45, 2.75) is 25.8 Å². The SMILES string of the molecule is Cc1cnn([C@H]2CCCN(C(=O)c3cc(=O)[nH]c4ccccc34)C2)c1. The molecule has 2 aromatic heterocycles. The van der Waals surface area contributed by atoms with Crippen molar-refractivity contribution in [3.8, 4) is 0 Å². The summed E-state index contributed by atoms with van der Waals surface area (Å²) < 4.78 is 1.95. The minimum absolute atomic E-state index is 0.0871. The predicted octanol–water partition coefficient (Wildman–Crippen LogP) is 2.51. The van der Waals surface area contributed by atoms with Crippen molar-refractivity contribution in [3.05, 3.63) is 64.2 Å². The molecule has 0 aliphatic carbocycles. The van der Waals surface area contributed by atoms with E-state index < -0.39 is 0 Å². The molecule has 1 fully saturated rings. The van der Waals surface area contributed by atoms with E-state index in [1.54, 1.807) is 0 Å². The third kappa shape index (κ3) is 2.95. The number of carbonyl (C=O) groups is 1. The second-order valence-corrected chi connectivity index (χ2v) is 6.64. The van der Waals surface area contributed by atoms with Crippen LogP contribution in [0.1, 0.15) is 34.8 Å². The van der Waals surface area contributed by atoms with Gasteiger partial charge in [-0.25, -0.2) is 0 Å². The number of H-pyrrole nitrogens is 1. The molecule has 1 saturated heterocycles. The van der Waals surface area contributed by atoms with Crippen molar-refractivity contribution >= 4 is 16.8 Å². The summed E-state index contributed by atoms with van der Waals surface area (Å²) in [5.74, 6) is -0.0871. The van der Waals surface area contributed by atoms with Crippen LogP contribution in [-0.4, -0.2) is 38.7 Å². The Morgan fingerprint density at radius 3 is 2.96 bits per heavy atom. The van der Waals surface area contributed by atoms with Crippen molar-refractivity contribution in [2.24, 2.45) is 0 Å². The summed E-state index contributed by atoms with van der Waals surface area (Å²) in [4.78, 5) is 29.7. The van der Waals surface area contributed by atoms with Crippen LogP contribution in [0.15, 0.2) is 47.5 Å². The molecule has 3 heterocycles. The number of para-hydroxylation sites is 1. The van der Waals surface area contributed by atoms with Gasteiger partial charge in [0.25, 0.3) is 5.91 Å². The summed E-state index contributed by atoms with van der Waals surface area (Å²) >= 11 is 0. The Hall–Kier alpha value is -2.89. The highest BCUT2D eigenvalue weighted by Crippen LogP contribution is 2.24. The summed E-state index contributed by atoms with van der Waals surface area (Å²) in [6, 6.07) is 9.01. The first-order valence-electron chi connectivity index (χ1n) is 8.54. The maximum atomic E-state index is 13.1. The standard InChI is InChI=1S/C19H20N4O2/c1-13-10-20-23(11-13)14-5-4-8-22(12-14)19(25)16-9-18(24)21-17-7-3-2-6-15(16)17/h2-3,6-7,9-11,14H,4-5,8,12H2,1H3,(H,21,24)/t14-/m0/s1. The molecule has 1 aliphatic heterocycles. The Morgan fingerprint density at radius 1 is 1.32 bits per heavy atom. The lowest BCUT2D eigenvalue weighted by Crippen LogP contribution is -2.41. The Bertz CT molecular complexity index is 988. The van der Waals surface area contributed by atoms with E-state index in [1.807, 2.05) is 53.2 Å². The van der Waals surface area contributed by atoms with Crippen LogP contribution in [0, 0.1) is 6.92 Å². The molecule has 3 aromatic rings. The molecular weight excluding hydrogens is 316 g/mol. The number of rotatable bonds is 2. The lowest BCUT2D eigenvalue weighted by atomic mass is 10.0. The van der Waals surface area contributed by atoms with Gasteiger partial charge < -0.3 is 9.88 Å². The predicted molar refractivity (Wildman–Crippen MR) is 95.7 cm³/mol. The van der Waals surface area contributed by atoms with Gasteiger partial charge >= 0.3 is 0 Å². The number of aromatic amines is 1. The third-order valence-electron chi connectivity index (χ3n) is 4.77. The molecule has 1 aliphatic rings. The number of carbonyl (C=O) groups excluding carboxylic acids is 1. The Kier molecular flexibility index (Phi) is 3.87. The highest BCUT2D eigenvalue weighted by atomic mass is 16.2. The van der Waals surface area contributed by atoms with Gasteiger partial charge in [-0.1, -0.05) is 18.2 Å². The number of amides is 1. The first-order chi connectivity index (χ1) is 12.1. The fourth-order valence-electron chi connectivity index (χ4n) is 3.54. The van der Waals surface area contributed by atoms with Crippen molar-refractivity contribution < 1.29 is 4.79 Å². The molecule has 0 unspecified atom stereocenters. The molecule has 6 nitrogen and oxygen atoms in total. The summed E-state index contributed by atoms with van der Waals surface area (Å²) in [5.41, 5.74) is 2.02. The number of nitrogens with zero attached hydrogens (tertiary/aromatic N) is 3. The minimum Gasteiger partial charge on any atom is -0.336 e. The molecule has 1 atom stereocenters. The number of hydrogen-bond acceptors (Lipinski definition) is 3. The van der Waals surface area contributed by atoms with E-state index in [-0.39, 0.29) is 17.5 Å². The topological polar surface area (TPSA) is 71.0 Å². The first kappa shape index (κ1) is 15.6. The number of fused-ring (bicyclic) bond motifs is 1. The van der Waals surface area contributed by atoms with E-state index in [2.05, 4.69) is 10.1 Å². The van der Waals surface area contributed by atoms with Crippen LogP contribution in [0.2, 0.25) is 0 Å². The molecule has 1 amide bonds. The number of aromatic nitrogens is 3. The zero-order valence-electron chi connectivity index (χ0n) is 14.1. The van der Waals surface area contributed by atoms with Gasteiger partial charge in [0, 0.05) is 36.3 Å². The molecule has 1 aromatic carbocycles. The average molecular weight is 336 g/mol. The van der Waals surface area contributed by atoms with E-state index >= 15 is 0 Å². The van der Waals surface area contributed by atoms with E-state index in [0.29, 0.717) is 24.2 Å². The highest BCUT2D eigenvalue weighted by molar-refractivity contribution is 6.05. The zero-order valence-corrected chi connectivity index (χ0v) is 14.1. The van der Waals surface area contributed by atoms with Crippen molar-refractivity contribution in [2.75, 3.05) is 13.1 Å². The maximum Gasteiger partial charge on any atom is 0.254 e. The highest BCUT2D eigenvalue weighted by Gasteiger charge is 2.27. The minimum atomic E-state index is -0.252. The molecular formula is C19H20N4O2. The van der Waals surface area contributed by atoms with Crippen LogP contribution in [-0.2, 0) is 0 Å². The fourth-order valence-corrected chi connectivity index (χ4v) is 3.54. The van der Waals surface area contributed by atoms with Gasteiger partial charge in [-0.2, -0.15) is 5.10 Å². The van der Waals surface area contributed by atoms with E-state index in [1.165, 1.54) is 6.07 Å². The largest absolute Gasteiger partial charge is 0.336 e.